The Morgan fingerprint density at radius 2 is 1.65 bits per heavy atom. The van der Waals surface area contributed by atoms with Gasteiger partial charge in [-0.1, -0.05) is 32.9 Å². The van der Waals surface area contributed by atoms with Crippen molar-refractivity contribution in [2.45, 2.75) is 93.5 Å². The fourth-order valence-corrected chi connectivity index (χ4v) is 7.23. The molecule has 0 saturated heterocycles. The van der Waals surface area contributed by atoms with Gasteiger partial charge >= 0.3 is 11.9 Å². The molecular formula is C30H44O7. The molecule has 0 amide bonds. The highest BCUT2D eigenvalue weighted by molar-refractivity contribution is 5.95. The lowest BCUT2D eigenvalue weighted by Crippen LogP contribution is -2.66. The SMILES string of the molecule is CC1=C[C@]23C(=O)[C@@H](C=C(COC(=O)C(C)(C)C)[C@@H](O)[C@]2(O)[C@H]1OC(=O)C(C)(C)C)[C@H]1[C@@H](C[C@H]3C)C1(C)C. The Balaban J connectivity index is 1.86. The van der Waals surface area contributed by atoms with Gasteiger partial charge in [0, 0.05) is 5.92 Å². The molecule has 0 aliphatic heterocycles. The maximum Gasteiger partial charge on any atom is 0.311 e. The van der Waals surface area contributed by atoms with E-state index in [4.69, 9.17) is 9.47 Å². The Morgan fingerprint density at radius 1 is 1.08 bits per heavy atom. The van der Waals surface area contributed by atoms with Crippen LogP contribution in [0.25, 0.3) is 0 Å². The van der Waals surface area contributed by atoms with E-state index in [1.54, 1.807) is 60.6 Å². The number of aliphatic hydroxyl groups excluding tert-OH is 1. The first-order chi connectivity index (χ1) is 16.7. The van der Waals surface area contributed by atoms with Crippen LogP contribution in [0.4, 0.5) is 0 Å². The number of carbonyl (C=O) groups excluding carboxylic acids is 3. The molecule has 0 radical (unpaired) electrons. The number of ether oxygens (including phenoxy) is 2. The van der Waals surface area contributed by atoms with Crippen LogP contribution in [-0.4, -0.2) is 52.4 Å². The first-order valence-electron chi connectivity index (χ1n) is 13.4. The maximum absolute atomic E-state index is 14.5. The number of hydrogen-bond donors (Lipinski definition) is 2. The van der Waals surface area contributed by atoms with E-state index in [0.717, 1.165) is 0 Å². The summed E-state index contributed by atoms with van der Waals surface area (Å²) in [5.41, 5.74) is -4.44. The van der Waals surface area contributed by atoms with Gasteiger partial charge in [0.05, 0.1) is 16.2 Å². The molecule has 4 rings (SSSR count). The van der Waals surface area contributed by atoms with Crippen LogP contribution in [0.1, 0.15) is 75.7 Å². The van der Waals surface area contributed by atoms with Crippen molar-refractivity contribution in [3.8, 4) is 0 Å². The first-order valence-corrected chi connectivity index (χ1v) is 13.4. The summed E-state index contributed by atoms with van der Waals surface area (Å²) in [6, 6.07) is 0. The number of rotatable bonds is 3. The van der Waals surface area contributed by atoms with Crippen molar-refractivity contribution in [2.75, 3.05) is 6.61 Å². The standard InChI is InChI=1S/C30H44O7/c1-15-13-29-16(2)11-19-20(28(19,9)10)18(22(29)32)12-17(14-36-24(33)26(3,4)5)21(31)30(29,35)23(15)37-25(34)27(6,7)8/h12-13,16,18-21,23,31,35H,11,14H2,1-10H3/t16-,18+,19-,20+,21-,23+,29+,30+/m1/s1. The number of ketones is 1. The molecule has 7 heteroatoms. The minimum atomic E-state index is -2.13. The monoisotopic (exact) mass is 516 g/mol. The summed E-state index contributed by atoms with van der Waals surface area (Å²) >= 11 is 0. The summed E-state index contributed by atoms with van der Waals surface area (Å²) in [6.45, 7) is 18.1. The van der Waals surface area contributed by atoms with E-state index in [2.05, 4.69) is 13.8 Å². The predicted octanol–water partition coefficient (Wildman–Crippen LogP) is 4.01. The third-order valence-corrected chi connectivity index (χ3v) is 9.53. The Morgan fingerprint density at radius 3 is 2.19 bits per heavy atom. The first kappa shape index (κ1) is 28.0. The van der Waals surface area contributed by atoms with E-state index in [1.165, 1.54) is 0 Å². The lowest BCUT2D eigenvalue weighted by molar-refractivity contribution is -0.207. The van der Waals surface area contributed by atoms with Crippen LogP contribution in [-0.2, 0) is 23.9 Å². The second kappa shape index (κ2) is 8.25. The average molecular weight is 517 g/mol. The minimum Gasteiger partial charge on any atom is -0.461 e. The Kier molecular flexibility index (Phi) is 6.25. The van der Waals surface area contributed by atoms with Crippen molar-refractivity contribution in [3.05, 3.63) is 23.3 Å². The van der Waals surface area contributed by atoms with Gasteiger partial charge in [0.2, 0.25) is 0 Å². The Bertz CT molecular complexity index is 1080. The summed E-state index contributed by atoms with van der Waals surface area (Å²) in [5.74, 6) is -1.69. The zero-order valence-electron chi connectivity index (χ0n) is 24.0. The quantitative estimate of drug-likeness (QED) is 0.431. The smallest absolute Gasteiger partial charge is 0.311 e. The van der Waals surface area contributed by atoms with E-state index in [0.29, 0.717) is 12.0 Å². The average Bonchev–Trinajstić information content (AvgIpc) is 3.25. The highest BCUT2D eigenvalue weighted by Gasteiger charge is 2.76. The molecule has 7 nitrogen and oxygen atoms in total. The Labute approximate surface area is 220 Å². The largest absolute Gasteiger partial charge is 0.461 e. The van der Waals surface area contributed by atoms with Crippen LogP contribution >= 0.6 is 0 Å². The zero-order valence-corrected chi connectivity index (χ0v) is 24.0. The molecule has 2 saturated carbocycles. The summed E-state index contributed by atoms with van der Waals surface area (Å²) in [6.07, 6.45) is 1.40. The number of carbonyl (C=O) groups is 3. The molecule has 37 heavy (non-hydrogen) atoms. The number of hydrogen-bond acceptors (Lipinski definition) is 7. The molecule has 206 valence electrons. The van der Waals surface area contributed by atoms with E-state index >= 15 is 0 Å². The van der Waals surface area contributed by atoms with Crippen LogP contribution in [0.2, 0.25) is 0 Å². The summed E-state index contributed by atoms with van der Waals surface area (Å²) in [5, 5.41) is 24.5. The molecular weight excluding hydrogens is 472 g/mol. The van der Waals surface area contributed by atoms with Crippen molar-refractivity contribution in [3.63, 3.8) is 0 Å². The normalized spacial score (nSPS) is 40.4. The molecule has 0 unspecified atom stereocenters. The molecule has 0 heterocycles. The third kappa shape index (κ3) is 3.86. The van der Waals surface area contributed by atoms with Crippen LogP contribution in [0.5, 0.6) is 0 Å². The molecule has 8 atom stereocenters. The molecule has 2 N–H and O–H groups in total. The fraction of sp³-hybridized carbons (Fsp3) is 0.767. The van der Waals surface area contributed by atoms with Crippen molar-refractivity contribution in [1.29, 1.82) is 0 Å². The van der Waals surface area contributed by atoms with Gasteiger partial charge < -0.3 is 19.7 Å². The highest BCUT2D eigenvalue weighted by Crippen LogP contribution is 2.71. The maximum atomic E-state index is 14.5. The molecule has 0 aromatic heterocycles. The molecule has 1 spiro atoms. The second-order valence-corrected chi connectivity index (χ2v) is 14.6. The van der Waals surface area contributed by atoms with Gasteiger partial charge in [0.15, 0.2) is 17.5 Å². The van der Waals surface area contributed by atoms with Crippen molar-refractivity contribution >= 4 is 17.7 Å². The van der Waals surface area contributed by atoms with E-state index in [-0.39, 0.29) is 41.1 Å². The van der Waals surface area contributed by atoms with Gasteiger partial charge in [0.25, 0.3) is 0 Å². The number of esters is 2. The number of aliphatic hydroxyl groups is 2. The van der Waals surface area contributed by atoms with Gasteiger partial charge in [-0.3, -0.25) is 14.4 Å². The second-order valence-electron chi connectivity index (χ2n) is 14.6. The van der Waals surface area contributed by atoms with Gasteiger partial charge in [-0.05, 0) is 89.2 Å². The lowest BCUT2D eigenvalue weighted by atomic mass is 9.59. The highest BCUT2D eigenvalue weighted by atomic mass is 16.6. The molecule has 4 aliphatic carbocycles. The summed E-state index contributed by atoms with van der Waals surface area (Å²) in [7, 11) is 0. The van der Waals surface area contributed by atoms with E-state index in [1.807, 2.05) is 6.92 Å². The molecule has 4 aliphatic rings. The predicted molar refractivity (Wildman–Crippen MR) is 138 cm³/mol. The van der Waals surface area contributed by atoms with Gasteiger partial charge in [-0.2, -0.15) is 0 Å². The van der Waals surface area contributed by atoms with E-state index in [9.17, 15) is 24.6 Å². The van der Waals surface area contributed by atoms with Crippen LogP contribution < -0.4 is 0 Å². The van der Waals surface area contributed by atoms with Crippen molar-refractivity contribution in [2.24, 2.45) is 45.3 Å². The van der Waals surface area contributed by atoms with Crippen LogP contribution in [0, 0.1) is 45.3 Å². The van der Waals surface area contributed by atoms with Crippen LogP contribution in [0.15, 0.2) is 23.3 Å². The molecule has 0 aromatic carbocycles. The molecule has 2 bridgehead atoms. The van der Waals surface area contributed by atoms with Gasteiger partial charge in [-0.15, -0.1) is 0 Å². The van der Waals surface area contributed by atoms with Crippen LogP contribution in [0.3, 0.4) is 0 Å². The molecule has 0 aromatic rings. The van der Waals surface area contributed by atoms with Gasteiger partial charge in [-0.25, -0.2) is 0 Å². The number of allylic oxidation sites excluding steroid dienone is 1. The van der Waals surface area contributed by atoms with E-state index < -0.39 is 51.9 Å². The third-order valence-electron chi connectivity index (χ3n) is 9.53. The fourth-order valence-electron chi connectivity index (χ4n) is 7.23. The number of fused-ring (bicyclic) bond motifs is 3. The van der Waals surface area contributed by atoms with Crippen molar-refractivity contribution in [1.82, 2.24) is 0 Å². The van der Waals surface area contributed by atoms with Crippen molar-refractivity contribution < 1.29 is 34.1 Å². The van der Waals surface area contributed by atoms with Gasteiger partial charge in [0.1, 0.15) is 12.7 Å². The topological polar surface area (TPSA) is 110 Å². The lowest BCUT2D eigenvalue weighted by Gasteiger charge is -2.49. The Hall–Kier alpha value is -1.99. The number of Topliss-reactive ketones (excluding diaryl/α,β-unsaturated/α-hetero) is 1. The molecule has 2 fully saturated rings. The zero-order chi connectivity index (χ0) is 28.1. The minimum absolute atomic E-state index is 0.0505. The summed E-state index contributed by atoms with van der Waals surface area (Å²) < 4.78 is 11.5. The summed E-state index contributed by atoms with van der Waals surface area (Å²) in [4.78, 5) is 40.2.